The van der Waals surface area contributed by atoms with Crippen LogP contribution in [0.5, 0.6) is 0 Å². The van der Waals surface area contributed by atoms with Crippen LogP contribution in [0.25, 0.3) is 11.5 Å². The number of hydrogen-bond donors (Lipinski definition) is 1. The summed E-state index contributed by atoms with van der Waals surface area (Å²) in [7, 11) is 0. The maximum atomic E-state index is 12.5. The van der Waals surface area contributed by atoms with Crippen LogP contribution in [0.2, 0.25) is 0 Å². The van der Waals surface area contributed by atoms with E-state index in [0.29, 0.717) is 0 Å². The Balaban J connectivity index is 1.49. The molecule has 4 rings (SSSR count). The molecule has 26 heavy (non-hydrogen) atoms. The lowest BCUT2D eigenvalue weighted by molar-refractivity contribution is 0.0716. The van der Waals surface area contributed by atoms with Gasteiger partial charge in [-0.15, -0.1) is 11.3 Å². The van der Waals surface area contributed by atoms with E-state index in [9.17, 15) is 4.79 Å². The zero-order chi connectivity index (χ0) is 18.1. The Hall–Kier alpha value is -2.54. The van der Waals surface area contributed by atoms with Crippen molar-refractivity contribution in [3.05, 3.63) is 51.9 Å². The van der Waals surface area contributed by atoms with Gasteiger partial charge in [0.2, 0.25) is 0 Å². The highest BCUT2D eigenvalue weighted by Crippen LogP contribution is 2.28. The van der Waals surface area contributed by atoms with Crippen LogP contribution in [0.1, 0.15) is 45.6 Å². The van der Waals surface area contributed by atoms with Crippen molar-refractivity contribution >= 4 is 17.2 Å². The normalized spacial score (nSPS) is 15.4. The van der Waals surface area contributed by atoms with E-state index in [1.165, 1.54) is 11.3 Å². The van der Waals surface area contributed by atoms with Crippen LogP contribution in [0.15, 0.2) is 29.8 Å². The Kier molecular flexibility index (Phi) is 4.55. The minimum atomic E-state index is 0.135. The van der Waals surface area contributed by atoms with Gasteiger partial charge in [0.15, 0.2) is 5.82 Å². The van der Waals surface area contributed by atoms with Crippen molar-refractivity contribution in [2.75, 3.05) is 13.1 Å². The van der Waals surface area contributed by atoms with Crippen molar-refractivity contribution < 1.29 is 4.79 Å². The molecule has 1 N–H and O–H groups in total. The Labute approximate surface area is 156 Å². The molecule has 0 aromatic carbocycles. The molecule has 1 saturated heterocycles. The van der Waals surface area contributed by atoms with Crippen molar-refractivity contribution in [3.63, 3.8) is 0 Å². The fourth-order valence-corrected chi connectivity index (χ4v) is 4.03. The first-order valence-corrected chi connectivity index (χ1v) is 9.68. The Bertz CT molecular complexity index is 910. The molecule has 0 radical (unpaired) electrons. The molecule has 1 fully saturated rings. The zero-order valence-corrected chi connectivity index (χ0v) is 15.7. The monoisotopic (exact) mass is 367 g/mol. The molecule has 0 saturated carbocycles. The second-order valence-corrected chi connectivity index (χ2v) is 7.66. The molecule has 0 atom stereocenters. The molecular weight excluding hydrogens is 346 g/mol. The first-order valence-electron chi connectivity index (χ1n) is 8.80. The predicted octanol–water partition coefficient (Wildman–Crippen LogP) is 3.56. The maximum Gasteiger partial charge on any atom is 0.263 e. The van der Waals surface area contributed by atoms with E-state index in [0.717, 1.165) is 59.5 Å². The summed E-state index contributed by atoms with van der Waals surface area (Å²) in [6.07, 6.45) is 3.58. The minimum absolute atomic E-state index is 0.135. The molecule has 0 aliphatic carbocycles. The first kappa shape index (κ1) is 16.9. The summed E-state index contributed by atoms with van der Waals surface area (Å²) in [5, 5.41) is 1.94. The zero-order valence-electron chi connectivity index (χ0n) is 14.9. The number of carbonyl (C=O) groups excluding carboxylic acids is 1. The first-order chi connectivity index (χ1) is 12.6. The van der Waals surface area contributed by atoms with Crippen LogP contribution in [0, 0.1) is 13.8 Å². The molecule has 1 amide bonds. The predicted molar refractivity (Wildman–Crippen MR) is 101 cm³/mol. The number of thiophene rings is 1. The number of likely N-dealkylation sites (tertiary alicyclic amines) is 1. The number of aromatic nitrogens is 4. The number of aryl methyl sites for hydroxylation is 2. The lowest BCUT2D eigenvalue weighted by Gasteiger charge is -2.31. The summed E-state index contributed by atoms with van der Waals surface area (Å²) in [4.78, 5) is 32.3. The lowest BCUT2D eigenvalue weighted by atomic mass is 9.95. The smallest absolute Gasteiger partial charge is 0.263 e. The van der Waals surface area contributed by atoms with E-state index < -0.39 is 0 Å². The number of rotatable bonds is 3. The molecule has 6 nitrogen and oxygen atoms in total. The van der Waals surface area contributed by atoms with Gasteiger partial charge in [-0.1, -0.05) is 6.07 Å². The van der Waals surface area contributed by atoms with E-state index >= 15 is 0 Å². The number of hydrogen-bond acceptors (Lipinski definition) is 5. The van der Waals surface area contributed by atoms with Gasteiger partial charge in [0, 0.05) is 36.6 Å². The summed E-state index contributed by atoms with van der Waals surface area (Å²) in [6.45, 7) is 5.45. The highest BCUT2D eigenvalue weighted by atomic mass is 32.1. The van der Waals surface area contributed by atoms with Crippen molar-refractivity contribution in [1.29, 1.82) is 0 Å². The average Bonchev–Trinajstić information content (AvgIpc) is 3.32. The highest BCUT2D eigenvalue weighted by molar-refractivity contribution is 7.12. The molecule has 3 aromatic heterocycles. The number of nitrogens with one attached hydrogen (secondary N) is 1. The fraction of sp³-hybridized carbons (Fsp3) is 0.368. The third kappa shape index (κ3) is 3.39. The molecule has 1 aliphatic rings. The van der Waals surface area contributed by atoms with Crippen LogP contribution >= 0.6 is 11.3 Å². The van der Waals surface area contributed by atoms with Crippen LogP contribution in [0.3, 0.4) is 0 Å². The largest absolute Gasteiger partial charge is 0.341 e. The van der Waals surface area contributed by atoms with Crippen LogP contribution in [0.4, 0.5) is 0 Å². The summed E-state index contributed by atoms with van der Waals surface area (Å²) >= 11 is 1.50. The second-order valence-electron chi connectivity index (χ2n) is 6.71. The van der Waals surface area contributed by atoms with Crippen LogP contribution in [-0.4, -0.2) is 43.8 Å². The quantitative estimate of drug-likeness (QED) is 0.768. The van der Waals surface area contributed by atoms with Crippen LogP contribution in [-0.2, 0) is 0 Å². The van der Waals surface area contributed by atoms with Gasteiger partial charge in [-0.25, -0.2) is 15.0 Å². The molecule has 134 valence electrons. The lowest BCUT2D eigenvalue weighted by Crippen LogP contribution is -2.37. The van der Waals surface area contributed by atoms with E-state index in [1.54, 1.807) is 6.20 Å². The number of piperidine rings is 1. The van der Waals surface area contributed by atoms with Gasteiger partial charge in [0.25, 0.3) is 5.91 Å². The maximum absolute atomic E-state index is 12.5. The Morgan fingerprint density at radius 1 is 1.27 bits per heavy atom. The average molecular weight is 367 g/mol. The molecular formula is C19H21N5OS. The summed E-state index contributed by atoms with van der Waals surface area (Å²) in [6, 6.07) is 5.76. The van der Waals surface area contributed by atoms with Crippen LogP contribution < -0.4 is 0 Å². The van der Waals surface area contributed by atoms with Gasteiger partial charge in [-0.3, -0.25) is 4.79 Å². The van der Waals surface area contributed by atoms with Crippen molar-refractivity contribution in [3.8, 4) is 11.5 Å². The molecule has 0 bridgehead atoms. The number of nitrogens with zero attached hydrogens (tertiary/aromatic N) is 4. The second kappa shape index (κ2) is 6.99. The van der Waals surface area contributed by atoms with Crippen molar-refractivity contribution in [2.45, 2.75) is 32.6 Å². The number of H-pyrrole nitrogens is 1. The van der Waals surface area contributed by atoms with Gasteiger partial charge in [0.05, 0.1) is 4.88 Å². The number of amides is 1. The molecule has 0 spiro atoms. The molecule has 4 heterocycles. The molecule has 3 aromatic rings. The minimum Gasteiger partial charge on any atom is -0.341 e. The van der Waals surface area contributed by atoms with E-state index in [4.69, 9.17) is 4.98 Å². The molecule has 0 unspecified atom stereocenters. The van der Waals surface area contributed by atoms with E-state index in [1.807, 2.05) is 42.3 Å². The summed E-state index contributed by atoms with van der Waals surface area (Å²) < 4.78 is 0. The highest BCUT2D eigenvalue weighted by Gasteiger charge is 2.27. The number of imidazole rings is 1. The van der Waals surface area contributed by atoms with E-state index in [-0.39, 0.29) is 11.8 Å². The Morgan fingerprint density at radius 3 is 2.73 bits per heavy atom. The number of carbonyl (C=O) groups is 1. The molecule has 7 heteroatoms. The van der Waals surface area contributed by atoms with Gasteiger partial charge >= 0.3 is 0 Å². The summed E-state index contributed by atoms with van der Waals surface area (Å²) in [5.41, 5.74) is 2.78. The fourth-order valence-electron chi connectivity index (χ4n) is 3.34. The number of aromatic amines is 1. The summed E-state index contributed by atoms with van der Waals surface area (Å²) in [5.74, 6) is 2.05. The van der Waals surface area contributed by atoms with Gasteiger partial charge in [-0.2, -0.15) is 0 Å². The standard InChI is InChI=1S/C19H21N5OS/c1-12-10-15(18-20-11-13(2)22-18)23-17(21-12)14-5-7-24(8-6-14)19(25)16-4-3-9-26-16/h3-4,9-11,14H,5-8H2,1-2H3,(H,20,22). The van der Waals surface area contributed by atoms with Crippen molar-refractivity contribution in [1.82, 2.24) is 24.8 Å². The molecule has 1 aliphatic heterocycles. The Morgan fingerprint density at radius 2 is 2.08 bits per heavy atom. The van der Waals surface area contributed by atoms with E-state index in [2.05, 4.69) is 15.0 Å². The SMILES string of the molecule is Cc1cc(-c2ncc(C)[nH]2)nc(C2CCN(C(=O)c3cccs3)CC2)n1. The van der Waals surface area contributed by atoms with Crippen molar-refractivity contribution in [2.24, 2.45) is 0 Å². The third-order valence-electron chi connectivity index (χ3n) is 4.70. The topological polar surface area (TPSA) is 74.8 Å². The third-order valence-corrected chi connectivity index (χ3v) is 5.55. The van der Waals surface area contributed by atoms with Gasteiger partial charge < -0.3 is 9.88 Å². The van der Waals surface area contributed by atoms with Gasteiger partial charge in [0.1, 0.15) is 11.5 Å². The van der Waals surface area contributed by atoms with Gasteiger partial charge in [-0.05, 0) is 44.2 Å².